The Morgan fingerprint density at radius 2 is 2.16 bits per heavy atom. The molecule has 1 aromatic carbocycles. The molecule has 0 saturated heterocycles. The van der Waals surface area contributed by atoms with Gasteiger partial charge >= 0.3 is 0 Å². The van der Waals surface area contributed by atoms with E-state index in [-0.39, 0.29) is 5.56 Å². The highest BCUT2D eigenvalue weighted by atomic mass is 32.2. The van der Waals surface area contributed by atoms with Crippen molar-refractivity contribution in [3.05, 3.63) is 46.2 Å². The maximum atomic E-state index is 11.6. The summed E-state index contributed by atoms with van der Waals surface area (Å²) in [4.78, 5) is 14.4. The average Bonchev–Trinajstić information content (AvgIpc) is 2.81. The number of para-hydroxylation sites is 1. The molecule has 2 heterocycles. The van der Waals surface area contributed by atoms with E-state index in [0.717, 1.165) is 20.8 Å². The molecule has 0 fully saturated rings. The molecule has 0 amide bonds. The first-order valence-corrected chi connectivity index (χ1v) is 7.35. The molecule has 2 aromatic heterocycles. The first kappa shape index (κ1) is 12.2. The van der Waals surface area contributed by atoms with Crippen LogP contribution >= 0.6 is 23.1 Å². The number of nitrogens with zero attached hydrogens (tertiary/aromatic N) is 2. The van der Waals surface area contributed by atoms with Crippen LogP contribution in [0.4, 0.5) is 5.13 Å². The topological polar surface area (TPSA) is 84.7 Å². The molecule has 96 valence electrons. The van der Waals surface area contributed by atoms with Gasteiger partial charge in [-0.2, -0.15) is 0 Å². The van der Waals surface area contributed by atoms with Crippen LogP contribution in [0.1, 0.15) is 5.56 Å². The number of nitrogens with two attached hydrogens (primary N) is 1. The van der Waals surface area contributed by atoms with Crippen molar-refractivity contribution in [2.45, 2.75) is 10.1 Å². The zero-order chi connectivity index (χ0) is 13.2. The van der Waals surface area contributed by atoms with Gasteiger partial charge in [-0.1, -0.05) is 41.3 Å². The van der Waals surface area contributed by atoms with E-state index < -0.39 is 0 Å². The Bertz CT molecular complexity index is 780. The largest absolute Gasteiger partial charge is 0.374 e. The molecule has 7 heteroatoms. The van der Waals surface area contributed by atoms with Crippen molar-refractivity contribution in [3.63, 3.8) is 0 Å². The van der Waals surface area contributed by atoms with Crippen LogP contribution < -0.4 is 11.3 Å². The van der Waals surface area contributed by atoms with Crippen molar-refractivity contribution in [2.75, 3.05) is 5.73 Å². The summed E-state index contributed by atoms with van der Waals surface area (Å²) in [6.45, 7) is 0. The van der Waals surface area contributed by atoms with E-state index in [0.29, 0.717) is 10.9 Å². The Labute approximate surface area is 116 Å². The molecule has 0 bridgehead atoms. The Balaban J connectivity index is 1.94. The quantitative estimate of drug-likeness (QED) is 0.723. The Morgan fingerprint density at radius 3 is 2.95 bits per heavy atom. The molecule has 3 N–H and O–H groups in total. The van der Waals surface area contributed by atoms with Gasteiger partial charge in [0.15, 0.2) is 4.34 Å². The standard InChI is InChI=1S/C12H10N4OS2/c13-11-15-16-12(19-11)18-6-7-5-10(17)14-9-4-2-1-3-8(7)9/h1-5H,6H2,(H2,13,15)(H,14,17). The van der Waals surface area contributed by atoms with Crippen molar-refractivity contribution in [1.29, 1.82) is 0 Å². The first-order valence-electron chi connectivity index (χ1n) is 5.55. The molecule has 3 rings (SSSR count). The third kappa shape index (κ3) is 2.61. The lowest BCUT2D eigenvalue weighted by Gasteiger charge is -2.04. The lowest BCUT2D eigenvalue weighted by atomic mass is 10.1. The summed E-state index contributed by atoms with van der Waals surface area (Å²) in [5.74, 6) is 0.666. The molecule has 0 spiro atoms. The molecule has 0 unspecified atom stereocenters. The lowest BCUT2D eigenvalue weighted by Crippen LogP contribution is -2.05. The zero-order valence-electron chi connectivity index (χ0n) is 9.79. The Hall–Kier alpha value is -1.86. The molecule has 5 nitrogen and oxygen atoms in total. The Morgan fingerprint density at radius 1 is 1.32 bits per heavy atom. The number of nitrogens with one attached hydrogen (secondary N) is 1. The molecule has 0 aliphatic heterocycles. The van der Waals surface area contributed by atoms with E-state index in [1.807, 2.05) is 24.3 Å². The zero-order valence-corrected chi connectivity index (χ0v) is 11.4. The second-order valence-electron chi connectivity index (χ2n) is 3.90. The molecule has 0 saturated carbocycles. The van der Waals surface area contributed by atoms with Crippen LogP contribution in [-0.4, -0.2) is 15.2 Å². The first-order chi connectivity index (χ1) is 9.22. The maximum Gasteiger partial charge on any atom is 0.248 e. The highest BCUT2D eigenvalue weighted by Crippen LogP contribution is 2.28. The van der Waals surface area contributed by atoms with Gasteiger partial charge in [0.1, 0.15) is 0 Å². The third-order valence-electron chi connectivity index (χ3n) is 2.61. The summed E-state index contributed by atoms with van der Waals surface area (Å²) in [5, 5.41) is 9.23. The highest BCUT2D eigenvalue weighted by molar-refractivity contribution is 8.00. The summed E-state index contributed by atoms with van der Waals surface area (Å²) in [6, 6.07) is 9.38. The molecular weight excluding hydrogens is 280 g/mol. The van der Waals surface area contributed by atoms with Crippen molar-refractivity contribution < 1.29 is 0 Å². The van der Waals surface area contributed by atoms with Crippen LogP contribution in [0, 0.1) is 0 Å². The number of thioether (sulfide) groups is 1. The molecular formula is C12H10N4OS2. The minimum Gasteiger partial charge on any atom is -0.374 e. The number of pyridine rings is 1. The number of aromatic nitrogens is 3. The number of rotatable bonds is 3. The summed E-state index contributed by atoms with van der Waals surface area (Å²) in [7, 11) is 0. The number of nitrogen functional groups attached to an aromatic ring is 1. The molecule has 0 aliphatic rings. The molecule has 0 aliphatic carbocycles. The smallest absolute Gasteiger partial charge is 0.248 e. The summed E-state index contributed by atoms with van der Waals surface area (Å²) < 4.78 is 0.807. The second kappa shape index (κ2) is 5.02. The number of H-pyrrole nitrogens is 1. The van der Waals surface area contributed by atoms with Crippen molar-refractivity contribution in [2.24, 2.45) is 0 Å². The van der Waals surface area contributed by atoms with Crippen LogP contribution in [0.2, 0.25) is 0 Å². The van der Waals surface area contributed by atoms with E-state index >= 15 is 0 Å². The van der Waals surface area contributed by atoms with Crippen molar-refractivity contribution >= 4 is 39.1 Å². The van der Waals surface area contributed by atoms with Gasteiger partial charge in [-0.3, -0.25) is 4.79 Å². The van der Waals surface area contributed by atoms with E-state index in [2.05, 4.69) is 15.2 Å². The van der Waals surface area contributed by atoms with Gasteiger partial charge in [-0.25, -0.2) is 0 Å². The van der Waals surface area contributed by atoms with Gasteiger partial charge in [0.2, 0.25) is 10.7 Å². The van der Waals surface area contributed by atoms with Crippen LogP contribution in [0.5, 0.6) is 0 Å². The predicted octanol–water partition coefficient (Wildman–Crippen LogP) is 2.25. The molecule has 0 atom stereocenters. The minimum absolute atomic E-state index is 0.0916. The number of anilines is 1. The Kier molecular flexibility index (Phi) is 3.22. The fourth-order valence-electron chi connectivity index (χ4n) is 1.81. The summed E-state index contributed by atoms with van der Waals surface area (Å²) in [5.41, 5.74) is 7.28. The van der Waals surface area contributed by atoms with Crippen LogP contribution in [-0.2, 0) is 5.75 Å². The van der Waals surface area contributed by atoms with E-state index in [9.17, 15) is 4.79 Å². The van der Waals surface area contributed by atoms with Gasteiger partial charge in [0.05, 0.1) is 0 Å². The SMILES string of the molecule is Nc1nnc(SCc2cc(=O)[nH]c3ccccc23)s1. The van der Waals surface area contributed by atoms with Gasteiger partial charge in [0.25, 0.3) is 0 Å². The number of fused-ring (bicyclic) bond motifs is 1. The number of aromatic amines is 1. The van der Waals surface area contributed by atoms with E-state index in [1.165, 1.54) is 23.1 Å². The number of hydrogen-bond donors (Lipinski definition) is 2. The highest BCUT2D eigenvalue weighted by Gasteiger charge is 2.06. The van der Waals surface area contributed by atoms with Crippen LogP contribution in [0.3, 0.4) is 0 Å². The van der Waals surface area contributed by atoms with Crippen LogP contribution in [0.25, 0.3) is 10.9 Å². The van der Waals surface area contributed by atoms with Gasteiger partial charge in [-0.05, 0) is 11.6 Å². The van der Waals surface area contributed by atoms with E-state index in [1.54, 1.807) is 6.07 Å². The fourth-order valence-corrected chi connectivity index (χ4v) is 3.44. The van der Waals surface area contributed by atoms with Gasteiger partial charge in [0, 0.05) is 22.7 Å². The second-order valence-corrected chi connectivity index (χ2v) is 6.13. The lowest BCUT2D eigenvalue weighted by molar-refractivity contribution is 1.02. The number of hydrogen-bond acceptors (Lipinski definition) is 6. The van der Waals surface area contributed by atoms with Gasteiger partial charge < -0.3 is 10.7 Å². The monoisotopic (exact) mass is 290 g/mol. The number of benzene rings is 1. The molecule has 19 heavy (non-hydrogen) atoms. The van der Waals surface area contributed by atoms with Gasteiger partial charge in [-0.15, -0.1) is 10.2 Å². The van der Waals surface area contributed by atoms with Crippen LogP contribution in [0.15, 0.2) is 39.5 Å². The van der Waals surface area contributed by atoms with E-state index in [4.69, 9.17) is 5.73 Å². The van der Waals surface area contributed by atoms with Crippen molar-refractivity contribution in [1.82, 2.24) is 15.2 Å². The summed E-state index contributed by atoms with van der Waals surface area (Å²) in [6.07, 6.45) is 0. The average molecular weight is 290 g/mol. The third-order valence-corrected chi connectivity index (χ3v) is 4.54. The molecule has 3 aromatic rings. The molecule has 0 radical (unpaired) electrons. The normalized spacial score (nSPS) is 10.9. The predicted molar refractivity (Wildman–Crippen MR) is 78.5 cm³/mol. The summed E-state index contributed by atoms with van der Waals surface area (Å²) >= 11 is 2.88. The maximum absolute atomic E-state index is 11.6. The van der Waals surface area contributed by atoms with Crippen molar-refractivity contribution in [3.8, 4) is 0 Å². The fraction of sp³-hybridized carbons (Fsp3) is 0.0833. The minimum atomic E-state index is -0.0916.